The van der Waals surface area contributed by atoms with E-state index in [0.717, 1.165) is 62.6 Å². The minimum absolute atomic E-state index is 0. The Bertz CT molecular complexity index is 494. The molecule has 1 aromatic carbocycles. The van der Waals surface area contributed by atoms with Crippen LogP contribution >= 0.6 is 39.9 Å². The molecule has 1 saturated heterocycles. The third-order valence-corrected chi connectivity index (χ3v) is 4.29. The number of hydrogen-bond donors (Lipinski definition) is 2. The molecule has 1 unspecified atom stereocenters. The maximum absolute atomic E-state index is 5.67. The van der Waals surface area contributed by atoms with Gasteiger partial charge >= 0.3 is 0 Å². The van der Waals surface area contributed by atoms with Crippen LogP contribution in [0.1, 0.15) is 31.7 Å². The van der Waals surface area contributed by atoms with E-state index in [1.165, 1.54) is 5.56 Å². The predicted molar refractivity (Wildman–Crippen MR) is 117 cm³/mol. The zero-order valence-corrected chi connectivity index (χ0v) is 18.7. The van der Waals surface area contributed by atoms with Crippen LogP contribution in [0.5, 0.6) is 0 Å². The maximum atomic E-state index is 5.67. The SMILES string of the molecule is CCNC(=NCc1ccc(Br)cc1)NCCCOCC1CCCO1.I. The average molecular weight is 526 g/mol. The van der Waals surface area contributed by atoms with Gasteiger partial charge in [-0.15, -0.1) is 24.0 Å². The van der Waals surface area contributed by atoms with E-state index in [1.807, 2.05) is 12.1 Å². The van der Waals surface area contributed by atoms with Crippen molar-refractivity contribution in [1.82, 2.24) is 10.6 Å². The van der Waals surface area contributed by atoms with Crippen molar-refractivity contribution in [2.24, 2.45) is 4.99 Å². The number of guanidine groups is 1. The van der Waals surface area contributed by atoms with Gasteiger partial charge in [-0.05, 0) is 43.9 Å². The van der Waals surface area contributed by atoms with Gasteiger partial charge in [0.15, 0.2) is 5.96 Å². The number of hydrogen-bond acceptors (Lipinski definition) is 3. The van der Waals surface area contributed by atoms with Crippen LogP contribution in [-0.2, 0) is 16.0 Å². The zero-order chi connectivity index (χ0) is 17.0. The van der Waals surface area contributed by atoms with Crippen molar-refractivity contribution in [3.63, 3.8) is 0 Å². The molecule has 2 N–H and O–H groups in total. The first-order valence-electron chi connectivity index (χ1n) is 8.74. The second-order valence-electron chi connectivity index (χ2n) is 5.81. The van der Waals surface area contributed by atoms with Crippen molar-refractivity contribution in [2.45, 2.75) is 38.8 Å². The Labute approximate surface area is 176 Å². The highest BCUT2D eigenvalue weighted by molar-refractivity contribution is 14.0. The molecule has 25 heavy (non-hydrogen) atoms. The van der Waals surface area contributed by atoms with Gasteiger partial charge < -0.3 is 20.1 Å². The lowest BCUT2D eigenvalue weighted by Gasteiger charge is -2.12. The summed E-state index contributed by atoms with van der Waals surface area (Å²) in [6.45, 7) is 6.78. The van der Waals surface area contributed by atoms with Gasteiger partial charge in [0.25, 0.3) is 0 Å². The van der Waals surface area contributed by atoms with Crippen LogP contribution in [0, 0.1) is 0 Å². The van der Waals surface area contributed by atoms with Gasteiger partial charge in [0, 0.05) is 30.8 Å². The molecule has 2 rings (SSSR count). The molecule has 0 aliphatic carbocycles. The smallest absolute Gasteiger partial charge is 0.191 e. The molecule has 1 aliphatic rings. The van der Waals surface area contributed by atoms with E-state index in [4.69, 9.17) is 9.47 Å². The van der Waals surface area contributed by atoms with Gasteiger partial charge in [-0.2, -0.15) is 0 Å². The van der Waals surface area contributed by atoms with E-state index < -0.39 is 0 Å². The fraction of sp³-hybridized carbons (Fsp3) is 0.611. The fourth-order valence-corrected chi connectivity index (χ4v) is 2.74. The summed E-state index contributed by atoms with van der Waals surface area (Å²) >= 11 is 3.45. The lowest BCUT2D eigenvalue weighted by Crippen LogP contribution is -2.38. The molecular formula is C18H29BrIN3O2. The average Bonchev–Trinajstić information content (AvgIpc) is 3.10. The number of ether oxygens (including phenoxy) is 2. The van der Waals surface area contributed by atoms with Gasteiger partial charge in [0.2, 0.25) is 0 Å². The molecule has 5 nitrogen and oxygen atoms in total. The van der Waals surface area contributed by atoms with Crippen LogP contribution < -0.4 is 10.6 Å². The first-order valence-corrected chi connectivity index (χ1v) is 9.53. The molecule has 1 aliphatic heterocycles. The van der Waals surface area contributed by atoms with Crippen molar-refractivity contribution >= 4 is 45.9 Å². The van der Waals surface area contributed by atoms with Crippen LogP contribution in [-0.4, -0.2) is 45.0 Å². The summed E-state index contributed by atoms with van der Waals surface area (Å²) in [7, 11) is 0. The van der Waals surface area contributed by atoms with Gasteiger partial charge in [-0.1, -0.05) is 28.1 Å². The largest absolute Gasteiger partial charge is 0.379 e. The van der Waals surface area contributed by atoms with E-state index in [0.29, 0.717) is 12.6 Å². The molecule has 1 fully saturated rings. The third-order valence-electron chi connectivity index (χ3n) is 3.76. The van der Waals surface area contributed by atoms with Gasteiger partial charge in [-0.25, -0.2) is 4.99 Å². The highest BCUT2D eigenvalue weighted by Gasteiger charge is 2.14. The van der Waals surface area contributed by atoms with E-state index in [1.54, 1.807) is 0 Å². The maximum Gasteiger partial charge on any atom is 0.191 e. The number of rotatable bonds is 9. The van der Waals surface area contributed by atoms with E-state index in [9.17, 15) is 0 Å². The second kappa shape index (κ2) is 13.8. The van der Waals surface area contributed by atoms with E-state index in [-0.39, 0.29) is 24.0 Å². The van der Waals surface area contributed by atoms with Crippen molar-refractivity contribution in [1.29, 1.82) is 0 Å². The highest BCUT2D eigenvalue weighted by Crippen LogP contribution is 2.12. The van der Waals surface area contributed by atoms with E-state index >= 15 is 0 Å². The summed E-state index contributed by atoms with van der Waals surface area (Å²) in [6.07, 6.45) is 3.56. The Kier molecular flexibility index (Phi) is 12.5. The fourth-order valence-electron chi connectivity index (χ4n) is 2.47. The normalized spacial score (nSPS) is 17.2. The van der Waals surface area contributed by atoms with Crippen LogP contribution in [0.4, 0.5) is 0 Å². The van der Waals surface area contributed by atoms with Crippen molar-refractivity contribution in [2.75, 3.05) is 32.9 Å². The molecule has 0 amide bonds. The Morgan fingerprint density at radius 3 is 2.80 bits per heavy atom. The molecule has 0 radical (unpaired) electrons. The summed E-state index contributed by atoms with van der Waals surface area (Å²) in [5.41, 5.74) is 1.19. The van der Waals surface area contributed by atoms with Crippen LogP contribution in [0.2, 0.25) is 0 Å². The van der Waals surface area contributed by atoms with Crippen LogP contribution in [0.25, 0.3) is 0 Å². The van der Waals surface area contributed by atoms with Crippen molar-refractivity contribution in [3.05, 3.63) is 34.3 Å². The van der Waals surface area contributed by atoms with E-state index in [2.05, 4.69) is 50.6 Å². The Morgan fingerprint density at radius 2 is 2.12 bits per heavy atom. The van der Waals surface area contributed by atoms with Crippen LogP contribution in [0.15, 0.2) is 33.7 Å². The molecule has 7 heteroatoms. The lowest BCUT2D eigenvalue weighted by molar-refractivity contribution is 0.0168. The summed E-state index contributed by atoms with van der Waals surface area (Å²) < 4.78 is 12.3. The molecular weight excluding hydrogens is 497 g/mol. The standard InChI is InChI=1S/C18H28BrN3O2.HI/c1-2-20-18(22-13-15-6-8-16(19)9-7-15)21-10-4-11-23-14-17-5-3-12-24-17;/h6-9,17H,2-5,10-14H2,1H3,(H2,20,21,22);1H. The molecule has 0 spiro atoms. The van der Waals surface area contributed by atoms with Crippen molar-refractivity contribution < 1.29 is 9.47 Å². The molecule has 1 heterocycles. The minimum Gasteiger partial charge on any atom is -0.379 e. The van der Waals surface area contributed by atoms with Gasteiger partial charge in [0.1, 0.15) is 0 Å². The summed E-state index contributed by atoms with van der Waals surface area (Å²) in [5.74, 6) is 0.847. The van der Waals surface area contributed by atoms with Crippen molar-refractivity contribution in [3.8, 4) is 0 Å². The second-order valence-corrected chi connectivity index (χ2v) is 6.73. The lowest BCUT2D eigenvalue weighted by atomic mass is 10.2. The first kappa shape index (κ1) is 22.7. The zero-order valence-electron chi connectivity index (χ0n) is 14.8. The first-order chi connectivity index (χ1) is 11.8. The summed E-state index contributed by atoms with van der Waals surface area (Å²) in [6, 6.07) is 8.24. The number of nitrogens with zero attached hydrogens (tertiary/aromatic N) is 1. The summed E-state index contributed by atoms with van der Waals surface area (Å²) in [5, 5.41) is 6.62. The van der Waals surface area contributed by atoms with Gasteiger partial charge in [-0.3, -0.25) is 0 Å². The minimum atomic E-state index is 0. The molecule has 1 atom stereocenters. The van der Waals surface area contributed by atoms with Gasteiger partial charge in [0.05, 0.1) is 19.3 Å². The third kappa shape index (κ3) is 9.77. The Morgan fingerprint density at radius 1 is 1.32 bits per heavy atom. The van der Waals surface area contributed by atoms with Crippen LogP contribution in [0.3, 0.4) is 0 Å². The monoisotopic (exact) mass is 525 g/mol. The Balaban J connectivity index is 0.00000312. The molecule has 1 aromatic rings. The molecule has 142 valence electrons. The molecule has 0 saturated carbocycles. The molecule has 0 bridgehead atoms. The Hall–Kier alpha value is -0.380. The highest BCUT2D eigenvalue weighted by atomic mass is 127. The number of aliphatic imine (C=N–C) groups is 1. The summed E-state index contributed by atoms with van der Waals surface area (Å²) in [4.78, 5) is 4.61. The number of benzene rings is 1. The number of nitrogens with one attached hydrogen (secondary N) is 2. The number of halogens is 2. The predicted octanol–water partition coefficient (Wildman–Crippen LogP) is 3.71. The molecule has 0 aromatic heterocycles. The topological polar surface area (TPSA) is 54.9 Å². The quantitative estimate of drug-likeness (QED) is 0.223.